The number of sulfonamides is 2. The minimum absolute atomic E-state index is 0. The van der Waals surface area contributed by atoms with Gasteiger partial charge in [-0.25, -0.2) is 16.8 Å². The summed E-state index contributed by atoms with van der Waals surface area (Å²) < 4.78 is 48.6. The fourth-order valence-corrected chi connectivity index (χ4v) is 4.49. The molecular weight excluding hydrogens is 396 g/mol. The van der Waals surface area contributed by atoms with E-state index in [0.29, 0.717) is 0 Å². The molecule has 21 heavy (non-hydrogen) atoms. The van der Waals surface area contributed by atoms with Gasteiger partial charge in [-0.3, -0.25) is 0 Å². The molecule has 0 saturated carbocycles. The minimum atomic E-state index is -4.40. The number of hydrogen-bond donors (Lipinski definition) is 2. The van der Waals surface area contributed by atoms with Gasteiger partial charge < -0.3 is 10.5 Å². The van der Waals surface area contributed by atoms with E-state index in [1.165, 1.54) is 0 Å². The Kier molecular flexibility index (Phi) is 6.28. The van der Waals surface area contributed by atoms with Gasteiger partial charge in [-0.2, -0.15) is 4.72 Å². The molecule has 1 aliphatic heterocycles. The number of anilines is 1. The quantitative estimate of drug-likeness (QED) is 0.482. The minimum Gasteiger partial charge on any atom is -0.560 e. The standard InChI is InChI=1S/C8H7Cl3N3O4S2.Na/c9-3-1-4-6(2-5(3)19(12,15)16)20(17,18)14-8(13-4)7(10)11;/h1-2,7-8,13-14H,(H-,12,15,16);/q-1;+1. The molecule has 1 aromatic rings. The third-order valence-electron chi connectivity index (χ3n) is 2.46. The summed E-state index contributed by atoms with van der Waals surface area (Å²) in [6, 6.07) is 1.91. The van der Waals surface area contributed by atoms with E-state index in [1.807, 2.05) is 0 Å². The Balaban J connectivity index is 0.00000220. The Hall–Kier alpha value is 0.710. The molecule has 0 aromatic heterocycles. The molecule has 3 N–H and O–H groups in total. The molecule has 0 fully saturated rings. The first-order chi connectivity index (χ1) is 9.02. The maximum atomic E-state index is 12.0. The number of rotatable bonds is 2. The maximum Gasteiger partial charge on any atom is 1.00 e. The van der Waals surface area contributed by atoms with Gasteiger partial charge in [-0.1, -0.05) is 11.6 Å². The van der Waals surface area contributed by atoms with Crippen LogP contribution >= 0.6 is 34.8 Å². The average Bonchev–Trinajstić information content (AvgIpc) is 2.24. The summed E-state index contributed by atoms with van der Waals surface area (Å²) in [5.74, 6) is 0. The van der Waals surface area contributed by atoms with Gasteiger partial charge in [0.05, 0.1) is 15.6 Å². The van der Waals surface area contributed by atoms with Crippen molar-refractivity contribution in [1.82, 2.24) is 4.72 Å². The smallest absolute Gasteiger partial charge is 0.560 e. The monoisotopic (exact) mass is 401 g/mol. The summed E-state index contributed by atoms with van der Waals surface area (Å²) in [7, 11) is -8.42. The van der Waals surface area contributed by atoms with Crippen LogP contribution < -0.4 is 39.6 Å². The Bertz CT molecular complexity index is 769. The Morgan fingerprint density at radius 3 is 2.33 bits per heavy atom. The van der Waals surface area contributed by atoms with Crippen LogP contribution in [0.25, 0.3) is 5.14 Å². The molecule has 1 heterocycles. The fraction of sp³-hybridized carbons (Fsp3) is 0.250. The van der Waals surface area contributed by atoms with Crippen molar-refractivity contribution in [3.8, 4) is 0 Å². The summed E-state index contributed by atoms with van der Waals surface area (Å²) >= 11 is 17.0. The first-order valence-electron chi connectivity index (χ1n) is 4.92. The van der Waals surface area contributed by atoms with Gasteiger partial charge in [0.25, 0.3) is 0 Å². The number of fused-ring (bicyclic) bond motifs is 1. The molecule has 1 aliphatic rings. The third-order valence-corrected chi connectivity index (χ3v) is 5.78. The molecule has 0 radical (unpaired) electrons. The molecule has 0 aliphatic carbocycles. The molecule has 2 rings (SSSR count). The predicted molar refractivity (Wildman–Crippen MR) is 76.2 cm³/mol. The molecule has 1 atom stereocenters. The zero-order chi connectivity index (χ0) is 15.3. The van der Waals surface area contributed by atoms with Gasteiger partial charge in [-0.05, 0) is 12.1 Å². The Labute approximate surface area is 158 Å². The topological polar surface area (TPSA) is 116 Å². The number of hydrogen-bond acceptors (Lipinski definition) is 5. The van der Waals surface area contributed by atoms with Crippen LogP contribution in [0.1, 0.15) is 0 Å². The van der Waals surface area contributed by atoms with Crippen molar-refractivity contribution in [2.75, 3.05) is 5.32 Å². The number of alkyl halides is 2. The molecule has 1 unspecified atom stereocenters. The van der Waals surface area contributed by atoms with E-state index in [4.69, 9.17) is 39.9 Å². The van der Waals surface area contributed by atoms with Crippen molar-refractivity contribution in [2.24, 2.45) is 0 Å². The van der Waals surface area contributed by atoms with Crippen LogP contribution in [0.2, 0.25) is 5.02 Å². The van der Waals surface area contributed by atoms with Gasteiger partial charge in [-0.15, -0.1) is 23.2 Å². The van der Waals surface area contributed by atoms with E-state index in [2.05, 4.69) is 10.0 Å². The predicted octanol–water partition coefficient (Wildman–Crippen LogP) is -1.08. The van der Waals surface area contributed by atoms with Crippen molar-refractivity contribution in [3.05, 3.63) is 22.3 Å². The average molecular weight is 403 g/mol. The van der Waals surface area contributed by atoms with E-state index >= 15 is 0 Å². The number of benzene rings is 1. The van der Waals surface area contributed by atoms with Crippen LogP contribution in [0.4, 0.5) is 5.69 Å². The van der Waals surface area contributed by atoms with Crippen molar-refractivity contribution < 1.29 is 46.4 Å². The third kappa shape index (κ3) is 4.17. The Morgan fingerprint density at radius 1 is 1.29 bits per heavy atom. The van der Waals surface area contributed by atoms with E-state index < -0.39 is 35.9 Å². The van der Waals surface area contributed by atoms with Gasteiger partial charge in [0.1, 0.15) is 25.9 Å². The van der Waals surface area contributed by atoms with Gasteiger partial charge in [0, 0.05) is 0 Å². The normalized spacial score (nSPS) is 20.3. The molecule has 0 bridgehead atoms. The summed E-state index contributed by atoms with van der Waals surface area (Å²) in [6.07, 6.45) is -0.981. The second-order valence-corrected chi connectivity index (χ2v) is 8.56. The van der Waals surface area contributed by atoms with Crippen LogP contribution in [-0.2, 0) is 20.0 Å². The Morgan fingerprint density at radius 2 is 1.86 bits per heavy atom. The zero-order valence-corrected chi connectivity index (χ0v) is 16.3. The molecule has 0 saturated heterocycles. The second-order valence-electron chi connectivity index (χ2n) is 3.86. The molecule has 112 valence electrons. The van der Waals surface area contributed by atoms with Crippen LogP contribution in [0.5, 0.6) is 0 Å². The summed E-state index contributed by atoms with van der Waals surface area (Å²) in [6.45, 7) is 0. The molecule has 7 nitrogen and oxygen atoms in total. The van der Waals surface area contributed by atoms with E-state index in [-0.39, 0.29) is 45.2 Å². The second kappa shape index (κ2) is 6.68. The largest absolute Gasteiger partial charge is 1.00 e. The van der Waals surface area contributed by atoms with Gasteiger partial charge >= 0.3 is 29.6 Å². The SMILES string of the molecule is [NH-]S(=O)(=O)c1cc2c(cc1Cl)NC(C(Cl)Cl)NS2(=O)=O.[Na+]. The van der Waals surface area contributed by atoms with Crippen molar-refractivity contribution in [3.63, 3.8) is 0 Å². The van der Waals surface area contributed by atoms with Gasteiger partial charge in [0.2, 0.25) is 10.0 Å². The molecule has 0 spiro atoms. The zero-order valence-electron chi connectivity index (χ0n) is 10.4. The molecular formula is C8H7Cl3N3NaO4S2. The first-order valence-corrected chi connectivity index (χ1v) is 9.14. The van der Waals surface area contributed by atoms with Crippen molar-refractivity contribution in [1.29, 1.82) is 0 Å². The van der Waals surface area contributed by atoms with Crippen LogP contribution in [-0.4, -0.2) is 27.8 Å². The first kappa shape index (κ1) is 19.8. The molecule has 0 amide bonds. The van der Waals surface area contributed by atoms with E-state index in [9.17, 15) is 16.8 Å². The molecule has 13 heteroatoms. The maximum absolute atomic E-state index is 12.0. The fourth-order valence-electron chi connectivity index (χ4n) is 1.62. The number of halogens is 3. The summed E-state index contributed by atoms with van der Waals surface area (Å²) in [5.41, 5.74) is 0.0532. The van der Waals surface area contributed by atoms with Crippen LogP contribution in [0.15, 0.2) is 21.9 Å². The van der Waals surface area contributed by atoms with Crippen LogP contribution in [0.3, 0.4) is 0 Å². The van der Waals surface area contributed by atoms with Crippen molar-refractivity contribution >= 4 is 60.5 Å². The summed E-state index contributed by atoms with van der Waals surface area (Å²) in [4.78, 5) is -2.02. The summed E-state index contributed by atoms with van der Waals surface area (Å²) in [5, 5.41) is 9.38. The van der Waals surface area contributed by atoms with Gasteiger partial charge in [0.15, 0.2) is 0 Å². The van der Waals surface area contributed by atoms with Crippen LogP contribution in [0, 0.1) is 0 Å². The van der Waals surface area contributed by atoms with E-state index in [1.54, 1.807) is 0 Å². The van der Waals surface area contributed by atoms with Crippen molar-refractivity contribution in [2.45, 2.75) is 20.8 Å². The number of nitrogens with one attached hydrogen (secondary N) is 3. The van der Waals surface area contributed by atoms with E-state index in [0.717, 1.165) is 12.1 Å². The molecule has 1 aromatic carbocycles.